The summed E-state index contributed by atoms with van der Waals surface area (Å²) in [5.74, 6) is 0. The van der Waals surface area contributed by atoms with Crippen molar-refractivity contribution in [2.45, 2.75) is 24.8 Å². The van der Waals surface area contributed by atoms with Gasteiger partial charge in [0.05, 0.1) is 0 Å². The molecule has 2 rings (SSSR count). The van der Waals surface area contributed by atoms with E-state index in [-0.39, 0.29) is 10.9 Å². The molecule has 1 heterocycles. The fraction of sp³-hybridized carbons (Fsp3) is 0.385. The molecule has 19 heavy (non-hydrogen) atoms. The maximum absolute atomic E-state index is 12.4. The van der Waals surface area contributed by atoms with Gasteiger partial charge < -0.3 is 10.1 Å². The maximum atomic E-state index is 12.4. The Morgan fingerprint density at radius 2 is 2.00 bits per heavy atom. The van der Waals surface area contributed by atoms with Crippen LogP contribution >= 0.6 is 35.6 Å². The van der Waals surface area contributed by atoms with Crippen molar-refractivity contribution >= 4 is 46.1 Å². The molecule has 1 aromatic carbocycles. The maximum Gasteiger partial charge on any atom is 0.254 e. The zero-order chi connectivity index (χ0) is 14.2. The van der Waals surface area contributed by atoms with Crippen molar-refractivity contribution in [3.63, 3.8) is 0 Å². The molecular formula is C13H15ClN2OS2. The van der Waals surface area contributed by atoms with Gasteiger partial charge in [-0.3, -0.25) is 0 Å². The molecule has 1 aliphatic rings. The van der Waals surface area contributed by atoms with Crippen LogP contribution in [0.1, 0.15) is 19.4 Å². The van der Waals surface area contributed by atoms with Gasteiger partial charge >= 0.3 is 0 Å². The van der Waals surface area contributed by atoms with Crippen LogP contribution in [-0.4, -0.2) is 38.1 Å². The number of rotatable bonds is 2. The minimum atomic E-state index is -0.305. The second-order valence-corrected chi connectivity index (χ2v) is 7.72. The summed E-state index contributed by atoms with van der Waals surface area (Å²) in [6.45, 7) is 4.05. The van der Waals surface area contributed by atoms with E-state index in [0.717, 1.165) is 14.6 Å². The zero-order valence-corrected chi connectivity index (χ0v) is 13.4. The van der Waals surface area contributed by atoms with Crippen LogP contribution in [0.2, 0.25) is 5.02 Å². The van der Waals surface area contributed by atoms with Crippen LogP contribution in [0, 0.1) is 5.21 Å². The average Bonchev–Trinajstić information content (AvgIpc) is 2.51. The van der Waals surface area contributed by atoms with Crippen molar-refractivity contribution < 1.29 is 4.74 Å². The van der Waals surface area contributed by atoms with Crippen LogP contribution in [0.4, 0.5) is 0 Å². The largest absolute Gasteiger partial charge is 0.622 e. The zero-order valence-electron chi connectivity index (χ0n) is 11.0. The van der Waals surface area contributed by atoms with Crippen LogP contribution in [0.5, 0.6) is 0 Å². The van der Waals surface area contributed by atoms with E-state index in [2.05, 4.69) is 0 Å². The third-order valence-corrected chi connectivity index (χ3v) is 5.00. The second kappa shape index (κ2) is 5.31. The first-order valence-corrected chi connectivity index (χ1v) is 7.43. The number of thiocarbonyl (C=S) groups is 1. The number of hydrogen-bond donors (Lipinski definition) is 0. The molecule has 0 aliphatic carbocycles. The van der Waals surface area contributed by atoms with Crippen LogP contribution < -0.4 is 0 Å². The van der Waals surface area contributed by atoms with Crippen molar-refractivity contribution in [2.75, 3.05) is 7.05 Å². The van der Waals surface area contributed by atoms with Gasteiger partial charge in [0.25, 0.3) is 6.17 Å². The first-order valence-electron chi connectivity index (χ1n) is 5.83. The fourth-order valence-corrected chi connectivity index (χ4v) is 4.09. The number of hydroxylamine groups is 1. The van der Waals surface area contributed by atoms with Gasteiger partial charge in [-0.25, -0.2) is 0 Å². The number of nitrogens with zero attached hydrogens (tertiary/aromatic N) is 2. The quantitative estimate of drug-likeness (QED) is 0.275. The molecule has 1 aliphatic heterocycles. The van der Waals surface area contributed by atoms with Gasteiger partial charge in [0.15, 0.2) is 6.21 Å². The summed E-state index contributed by atoms with van der Waals surface area (Å²) in [6, 6.07) is 7.18. The lowest BCUT2D eigenvalue weighted by atomic mass is 10.1. The molecule has 0 radical (unpaired) electrons. The molecule has 3 nitrogen and oxygen atoms in total. The lowest BCUT2D eigenvalue weighted by molar-refractivity contribution is -0.522. The van der Waals surface area contributed by atoms with Crippen molar-refractivity contribution in [3.05, 3.63) is 40.1 Å². The number of benzene rings is 1. The molecule has 1 unspecified atom stereocenters. The Kier molecular flexibility index (Phi) is 4.08. The van der Waals surface area contributed by atoms with E-state index in [9.17, 15) is 5.21 Å². The first-order chi connectivity index (χ1) is 8.81. The summed E-state index contributed by atoms with van der Waals surface area (Å²) >= 11 is 12.6. The lowest BCUT2D eigenvalue weighted by Crippen LogP contribution is -2.46. The standard InChI is InChI=1S/C13H15ClN2OS2/c1-13(2)11(15(3)12(18)19-13)16(17)8-9-4-6-10(14)7-5-9/h4-8,11H,1-3H3. The topological polar surface area (TPSA) is 29.3 Å². The monoisotopic (exact) mass is 314 g/mol. The van der Waals surface area contributed by atoms with Gasteiger partial charge in [0.1, 0.15) is 9.07 Å². The summed E-state index contributed by atoms with van der Waals surface area (Å²) < 4.78 is 1.48. The van der Waals surface area contributed by atoms with E-state index in [4.69, 9.17) is 23.8 Å². The van der Waals surface area contributed by atoms with E-state index in [1.165, 1.54) is 0 Å². The summed E-state index contributed by atoms with van der Waals surface area (Å²) in [6.07, 6.45) is 1.27. The molecule has 1 saturated heterocycles. The van der Waals surface area contributed by atoms with E-state index in [1.54, 1.807) is 30.1 Å². The Balaban J connectivity index is 2.30. The predicted octanol–water partition coefficient (Wildman–Crippen LogP) is 3.34. The molecule has 0 amide bonds. The van der Waals surface area contributed by atoms with Crippen LogP contribution in [0.15, 0.2) is 24.3 Å². The molecule has 102 valence electrons. The van der Waals surface area contributed by atoms with E-state index in [1.807, 2.05) is 37.9 Å². The van der Waals surface area contributed by atoms with E-state index in [0.29, 0.717) is 5.02 Å². The van der Waals surface area contributed by atoms with Gasteiger partial charge in [0, 0.05) is 17.6 Å². The lowest BCUT2D eigenvalue weighted by Gasteiger charge is -2.27. The smallest absolute Gasteiger partial charge is 0.254 e. The van der Waals surface area contributed by atoms with Gasteiger partial charge in [-0.2, -0.15) is 4.74 Å². The molecule has 6 heteroatoms. The average molecular weight is 315 g/mol. The Bertz CT molecular complexity index is 528. The SMILES string of the molecule is CN1C(=S)SC(C)(C)C1[N+]([O-])=Cc1ccc(Cl)cc1. The minimum absolute atomic E-state index is 0.240. The highest BCUT2D eigenvalue weighted by molar-refractivity contribution is 8.24. The highest BCUT2D eigenvalue weighted by Crippen LogP contribution is 2.40. The third kappa shape index (κ3) is 3.04. The molecule has 1 fully saturated rings. The van der Waals surface area contributed by atoms with Crippen LogP contribution in [0.25, 0.3) is 0 Å². The fourth-order valence-electron chi connectivity index (χ4n) is 2.16. The predicted molar refractivity (Wildman–Crippen MR) is 86.1 cm³/mol. The summed E-state index contributed by atoms with van der Waals surface area (Å²) in [7, 11) is 1.86. The highest BCUT2D eigenvalue weighted by atomic mass is 35.5. The Morgan fingerprint density at radius 3 is 2.47 bits per heavy atom. The van der Waals surface area contributed by atoms with Crippen molar-refractivity contribution in [2.24, 2.45) is 0 Å². The Hall–Kier alpha value is -0.780. The molecule has 0 spiro atoms. The summed E-state index contributed by atoms with van der Waals surface area (Å²) in [5.41, 5.74) is 0.825. The number of thioether (sulfide) groups is 1. The van der Waals surface area contributed by atoms with Crippen LogP contribution in [0.3, 0.4) is 0 Å². The van der Waals surface area contributed by atoms with Gasteiger partial charge in [-0.1, -0.05) is 35.6 Å². The summed E-state index contributed by atoms with van der Waals surface area (Å²) in [4.78, 5) is 1.85. The third-order valence-electron chi connectivity index (χ3n) is 3.01. The van der Waals surface area contributed by atoms with Gasteiger partial charge in [-0.05, 0) is 38.1 Å². The Labute approximate surface area is 127 Å². The summed E-state index contributed by atoms with van der Waals surface area (Å²) in [5, 5.41) is 13.0. The second-order valence-electron chi connectivity index (χ2n) is 5.00. The molecule has 0 N–H and O–H groups in total. The molecule has 0 bridgehead atoms. The van der Waals surface area contributed by atoms with E-state index >= 15 is 0 Å². The minimum Gasteiger partial charge on any atom is -0.622 e. The highest BCUT2D eigenvalue weighted by Gasteiger charge is 2.48. The van der Waals surface area contributed by atoms with Gasteiger partial charge in [0.2, 0.25) is 0 Å². The number of hydrogen-bond acceptors (Lipinski definition) is 3. The normalized spacial score (nSPS) is 22.9. The van der Waals surface area contributed by atoms with E-state index < -0.39 is 0 Å². The molecule has 0 saturated carbocycles. The molecule has 0 aromatic heterocycles. The van der Waals surface area contributed by atoms with Crippen LogP contribution in [-0.2, 0) is 0 Å². The molecule has 1 atom stereocenters. The number of halogens is 1. The van der Waals surface area contributed by atoms with Crippen molar-refractivity contribution in [3.8, 4) is 0 Å². The first kappa shape index (κ1) is 14.6. The molecule has 1 aromatic rings. The Morgan fingerprint density at radius 1 is 1.42 bits per heavy atom. The van der Waals surface area contributed by atoms with Gasteiger partial charge in [-0.15, -0.1) is 0 Å². The van der Waals surface area contributed by atoms with Crippen molar-refractivity contribution in [1.82, 2.24) is 4.90 Å². The van der Waals surface area contributed by atoms with Crippen molar-refractivity contribution in [1.29, 1.82) is 0 Å². The molecular weight excluding hydrogens is 300 g/mol.